The Bertz CT molecular complexity index is 242. The summed E-state index contributed by atoms with van der Waals surface area (Å²) in [6.45, 7) is 11.5. The van der Waals surface area contributed by atoms with Crippen molar-refractivity contribution in [3.63, 3.8) is 0 Å². The summed E-state index contributed by atoms with van der Waals surface area (Å²) in [5.74, 6) is -0.0284. The molecule has 17 heavy (non-hydrogen) atoms. The predicted octanol–water partition coefficient (Wildman–Crippen LogP) is 1.51. The fraction of sp³-hybridized carbons (Fsp3) is 0.923. The molecule has 4 heteroatoms. The molecule has 1 N–H and O–H groups in total. The Kier molecular flexibility index (Phi) is 5.92. The Labute approximate surface area is 105 Å². The molecular formula is C13H26N2O2. The number of hydrogen-bond acceptors (Lipinski definition) is 3. The highest BCUT2D eigenvalue weighted by molar-refractivity contribution is 5.73. The van der Waals surface area contributed by atoms with Gasteiger partial charge in [0, 0.05) is 13.1 Å². The van der Waals surface area contributed by atoms with E-state index in [0.717, 1.165) is 39.1 Å². The smallest absolute Gasteiger partial charge is 0.320 e. The number of likely N-dealkylation sites (tertiary alicyclic amines) is 1. The first kappa shape index (κ1) is 14.5. The number of aliphatic carboxylic acids is 1. The first-order valence-corrected chi connectivity index (χ1v) is 6.81. The van der Waals surface area contributed by atoms with Crippen molar-refractivity contribution < 1.29 is 9.90 Å². The average molecular weight is 242 g/mol. The van der Waals surface area contributed by atoms with Crippen LogP contribution in [0.15, 0.2) is 0 Å². The third kappa shape index (κ3) is 3.96. The monoisotopic (exact) mass is 242 g/mol. The minimum absolute atomic E-state index is 0.281. The molecule has 0 radical (unpaired) electrons. The third-order valence-electron chi connectivity index (χ3n) is 3.84. The summed E-state index contributed by atoms with van der Waals surface area (Å²) in [6, 6.07) is -0.281. The van der Waals surface area contributed by atoms with E-state index in [-0.39, 0.29) is 6.04 Å². The van der Waals surface area contributed by atoms with E-state index in [1.165, 1.54) is 0 Å². The van der Waals surface area contributed by atoms with Gasteiger partial charge in [-0.2, -0.15) is 0 Å². The Morgan fingerprint density at radius 3 is 2.53 bits per heavy atom. The van der Waals surface area contributed by atoms with E-state index in [4.69, 9.17) is 5.11 Å². The van der Waals surface area contributed by atoms with E-state index in [1.807, 2.05) is 6.92 Å². The highest BCUT2D eigenvalue weighted by atomic mass is 16.4. The van der Waals surface area contributed by atoms with Crippen molar-refractivity contribution in [1.82, 2.24) is 9.80 Å². The van der Waals surface area contributed by atoms with Crippen LogP contribution < -0.4 is 0 Å². The topological polar surface area (TPSA) is 43.8 Å². The molecule has 0 aromatic rings. The molecule has 1 fully saturated rings. The van der Waals surface area contributed by atoms with Crippen molar-refractivity contribution >= 4 is 5.97 Å². The highest BCUT2D eigenvalue weighted by Crippen LogP contribution is 2.21. The molecular weight excluding hydrogens is 216 g/mol. The molecule has 2 unspecified atom stereocenters. The Balaban J connectivity index is 2.43. The summed E-state index contributed by atoms with van der Waals surface area (Å²) in [4.78, 5) is 15.7. The summed E-state index contributed by atoms with van der Waals surface area (Å²) in [5.41, 5.74) is 0. The van der Waals surface area contributed by atoms with Gasteiger partial charge < -0.3 is 10.0 Å². The first-order chi connectivity index (χ1) is 8.12. The lowest BCUT2D eigenvalue weighted by atomic mass is 10.1. The predicted molar refractivity (Wildman–Crippen MR) is 69.2 cm³/mol. The number of carboxylic acid groups (broad SMARTS) is 1. The van der Waals surface area contributed by atoms with Crippen molar-refractivity contribution in [2.75, 3.05) is 32.7 Å². The van der Waals surface area contributed by atoms with Crippen molar-refractivity contribution in [3.05, 3.63) is 0 Å². The van der Waals surface area contributed by atoms with Crippen LogP contribution in [-0.2, 0) is 4.79 Å². The molecule has 0 aliphatic carbocycles. The van der Waals surface area contributed by atoms with Gasteiger partial charge in [0.2, 0.25) is 0 Å². The van der Waals surface area contributed by atoms with Gasteiger partial charge in [-0.05, 0) is 38.4 Å². The van der Waals surface area contributed by atoms with Gasteiger partial charge in [-0.25, -0.2) is 0 Å². The van der Waals surface area contributed by atoms with Gasteiger partial charge in [-0.3, -0.25) is 9.69 Å². The minimum atomic E-state index is -0.670. The molecule has 0 amide bonds. The minimum Gasteiger partial charge on any atom is -0.480 e. The summed E-state index contributed by atoms with van der Waals surface area (Å²) in [5, 5.41) is 9.14. The molecule has 4 nitrogen and oxygen atoms in total. The number of rotatable bonds is 7. The normalized spacial score (nSPS) is 23.2. The number of carbonyl (C=O) groups is 1. The van der Waals surface area contributed by atoms with E-state index in [2.05, 4.69) is 23.6 Å². The van der Waals surface area contributed by atoms with Crippen LogP contribution >= 0.6 is 0 Å². The van der Waals surface area contributed by atoms with Crippen molar-refractivity contribution in [2.24, 2.45) is 5.92 Å². The Morgan fingerprint density at radius 2 is 2.06 bits per heavy atom. The lowest BCUT2D eigenvalue weighted by molar-refractivity contribution is -0.143. The van der Waals surface area contributed by atoms with Crippen LogP contribution in [0.25, 0.3) is 0 Å². The Morgan fingerprint density at radius 1 is 1.41 bits per heavy atom. The standard InChI is InChI=1S/C13H26N2O2/c1-4-12(13(16)17)15-8-7-11(10-15)9-14(5-2)6-3/h11-12H,4-10H2,1-3H3,(H,16,17). The molecule has 1 aliphatic rings. The molecule has 1 saturated heterocycles. The van der Waals surface area contributed by atoms with Crippen molar-refractivity contribution in [3.8, 4) is 0 Å². The van der Waals surface area contributed by atoms with Gasteiger partial charge in [0.15, 0.2) is 0 Å². The first-order valence-electron chi connectivity index (χ1n) is 6.81. The second-order valence-corrected chi connectivity index (χ2v) is 4.90. The van der Waals surface area contributed by atoms with Crippen LogP contribution in [0.1, 0.15) is 33.6 Å². The Hall–Kier alpha value is -0.610. The van der Waals surface area contributed by atoms with E-state index in [9.17, 15) is 4.79 Å². The van der Waals surface area contributed by atoms with Gasteiger partial charge in [0.25, 0.3) is 0 Å². The zero-order valence-corrected chi connectivity index (χ0v) is 11.4. The molecule has 1 aliphatic heterocycles. The summed E-state index contributed by atoms with van der Waals surface area (Å²) in [6.07, 6.45) is 1.84. The molecule has 0 bridgehead atoms. The maximum absolute atomic E-state index is 11.1. The molecule has 0 aromatic carbocycles. The summed E-state index contributed by atoms with van der Waals surface area (Å²) in [7, 11) is 0. The third-order valence-corrected chi connectivity index (χ3v) is 3.84. The van der Waals surface area contributed by atoms with Gasteiger partial charge in [-0.1, -0.05) is 20.8 Å². The summed E-state index contributed by atoms with van der Waals surface area (Å²) >= 11 is 0. The molecule has 2 atom stereocenters. The molecule has 1 heterocycles. The van der Waals surface area contributed by atoms with Gasteiger partial charge >= 0.3 is 5.97 Å². The van der Waals surface area contributed by atoms with Crippen LogP contribution in [0.5, 0.6) is 0 Å². The zero-order chi connectivity index (χ0) is 12.8. The molecule has 0 aromatic heterocycles. The van der Waals surface area contributed by atoms with Crippen LogP contribution in [0.3, 0.4) is 0 Å². The maximum Gasteiger partial charge on any atom is 0.320 e. The van der Waals surface area contributed by atoms with E-state index >= 15 is 0 Å². The number of hydrogen-bond donors (Lipinski definition) is 1. The SMILES string of the molecule is CCC(C(=O)O)N1CCC(CN(CC)CC)C1. The zero-order valence-electron chi connectivity index (χ0n) is 11.4. The van der Waals surface area contributed by atoms with E-state index < -0.39 is 5.97 Å². The van der Waals surface area contributed by atoms with Crippen molar-refractivity contribution in [1.29, 1.82) is 0 Å². The van der Waals surface area contributed by atoms with Gasteiger partial charge in [0.05, 0.1) is 0 Å². The molecule has 1 rings (SSSR count). The second kappa shape index (κ2) is 6.97. The quantitative estimate of drug-likeness (QED) is 0.735. The fourth-order valence-electron chi connectivity index (χ4n) is 2.73. The van der Waals surface area contributed by atoms with Crippen molar-refractivity contribution in [2.45, 2.75) is 39.7 Å². The van der Waals surface area contributed by atoms with Crippen LogP contribution in [-0.4, -0.2) is 59.6 Å². The van der Waals surface area contributed by atoms with Crippen LogP contribution in [0, 0.1) is 5.92 Å². The largest absolute Gasteiger partial charge is 0.480 e. The molecule has 0 saturated carbocycles. The van der Waals surface area contributed by atoms with Crippen LogP contribution in [0.4, 0.5) is 0 Å². The molecule has 100 valence electrons. The lowest BCUT2D eigenvalue weighted by Crippen LogP contribution is -2.40. The molecule has 0 spiro atoms. The highest BCUT2D eigenvalue weighted by Gasteiger charge is 2.31. The van der Waals surface area contributed by atoms with E-state index in [0.29, 0.717) is 12.3 Å². The lowest BCUT2D eigenvalue weighted by Gasteiger charge is -2.25. The average Bonchev–Trinajstić information content (AvgIpc) is 2.74. The summed E-state index contributed by atoms with van der Waals surface area (Å²) < 4.78 is 0. The van der Waals surface area contributed by atoms with Gasteiger partial charge in [0.1, 0.15) is 6.04 Å². The van der Waals surface area contributed by atoms with E-state index in [1.54, 1.807) is 0 Å². The second-order valence-electron chi connectivity index (χ2n) is 4.90. The number of carboxylic acids is 1. The van der Waals surface area contributed by atoms with Crippen LogP contribution in [0.2, 0.25) is 0 Å². The number of nitrogens with zero attached hydrogens (tertiary/aromatic N) is 2. The van der Waals surface area contributed by atoms with Gasteiger partial charge in [-0.15, -0.1) is 0 Å². The maximum atomic E-state index is 11.1. The fourth-order valence-corrected chi connectivity index (χ4v) is 2.73.